The van der Waals surface area contributed by atoms with Gasteiger partial charge in [-0.3, -0.25) is 0 Å². The zero-order valence-corrected chi connectivity index (χ0v) is 13.2. The van der Waals surface area contributed by atoms with Gasteiger partial charge < -0.3 is 14.8 Å². The predicted octanol–water partition coefficient (Wildman–Crippen LogP) is 3.74. The van der Waals surface area contributed by atoms with E-state index in [1.165, 1.54) is 11.1 Å². The van der Waals surface area contributed by atoms with E-state index in [0.29, 0.717) is 6.04 Å². The molecule has 1 aliphatic rings. The van der Waals surface area contributed by atoms with Crippen molar-refractivity contribution in [3.8, 4) is 11.5 Å². The third-order valence-electron chi connectivity index (χ3n) is 4.25. The summed E-state index contributed by atoms with van der Waals surface area (Å²) in [5.41, 5.74) is 2.54. The summed E-state index contributed by atoms with van der Waals surface area (Å²) < 4.78 is 11.6. The summed E-state index contributed by atoms with van der Waals surface area (Å²) in [6.45, 7) is 3.03. The van der Waals surface area contributed by atoms with Crippen LogP contribution in [0.1, 0.15) is 30.5 Å². The predicted molar refractivity (Wildman–Crippen MR) is 88.6 cm³/mol. The van der Waals surface area contributed by atoms with Crippen LogP contribution in [0.15, 0.2) is 48.5 Å². The normalized spacial score (nSPS) is 18.2. The largest absolute Gasteiger partial charge is 0.493 e. The highest BCUT2D eigenvalue weighted by molar-refractivity contribution is 5.47. The van der Waals surface area contributed by atoms with Crippen LogP contribution in [-0.4, -0.2) is 19.8 Å². The molecule has 1 aliphatic heterocycles. The number of hydrogen-bond donors (Lipinski definition) is 1. The number of fused-ring (bicyclic) bond motifs is 1. The molecule has 2 aromatic rings. The van der Waals surface area contributed by atoms with Crippen LogP contribution in [0.25, 0.3) is 0 Å². The van der Waals surface area contributed by atoms with Crippen molar-refractivity contribution in [1.82, 2.24) is 5.32 Å². The number of methoxy groups -OCH3 is 1. The fraction of sp³-hybridized carbons (Fsp3) is 0.368. The van der Waals surface area contributed by atoms with Gasteiger partial charge >= 0.3 is 0 Å². The minimum atomic E-state index is 0.190. The molecule has 0 saturated carbocycles. The highest BCUT2D eigenvalue weighted by Gasteiger charge is 2.23. The molecule has 1 unspecified atom stereocenters. The van der Waals surface area contributed by atoms with E-state index in [4.69, 9.17) is 9.47 Å². The molecule has 1 heterocycles. The first-order valence-corrected chi connectivity index (χ1v) is 7.89. The fourth-order valence-corrected chi connectivity index (χ4v) is 2.91. The molecule has 0 saturated heterocycles. The molecular formula is C19H23NO2. The Balaban J connectivity index is 1.61. The summed E-state index contributed by atoms with van der Waals surface area (Å²) in [4.78, 5) is 0. The molecule has 3 rings (SSSR count). The molecule has 1 N–H and O–H groups in total. The second-order valence-electron chi connectivity index (χ2n) is 5.77. The SMILES string of the molecule is COc1cccc2c1OC(CN[C@@H](C)c1ccccc1)CC2. The average molecular weight is 297 g/mol. The van der Waals surface area contributed by atoms with E-state index in [1.807, 2.05) is 18.2 Å². The summed E-state index contributed by atoms with van der Waals surface area (Å²) in [6.07, 6.45) is 2.27. The first kappa shape index (κ1) is 14.9. The number of hydrogen-bond acceptors (Lipinski definition) is 3. The summed E-state index contributed by atoms with van der Waals surface area (Å²) in [5.74, 6) is 1.74. The molecule has 0 radical (unpaired) electrons. The van der Waals surface area contributed by atoms with Crippen molar-refractivity contribution < 1.29 is 9.47 Å². The Labute approximate surface area is 132 Å². The van der Waals surface area contributed by atoms with E-state index in [9.17, 15) is 0 Å². The third kappa shape index (κ3) is 3.25. The van der Waals surface area contributed by atoms with Crippen LogP contribution in [0.4, 0.5) is 0 Å². The van der Waals surface area contributed by atoms with Gasteiger partial charge in [0.2, 0.25) is 0 Å². The van der Waals surface area contributed by atoms with Crippen LogP contribution in [-0.2, 0) is 6.42 Å². The van der Waals surface area contributed by atoms with Crippen LogP contribution in [0.2, 0.25) is 0 Å². The third-order valence-corrected chi connectivity index (χ3v) is 4.25. The molecule has 116 valence electrons. The van der Waals surface area contributed by atoms with Gasteiger partial charge in [-0.2, -0.15) is 0 Å². The lowest BCUT2D eigenvalue weighted by atomic mass is 10.0. The Bertz CT molecular complexity index is 598. The minimum absolute atomic E-state index is 0.190. The van der Waals surface area contributed by atoms with Crippen molar-refractivity contribution in [3.05, 3.63) is 59.7 Å². The Kier molecular flexibility index (Phi) is 4.64. The maximum Gasteiger partial charge on any atom is 0.164 e. The van der Waals surface area contributed by atoms with Crippen LogP contribution >= 0.6 is 0 Å². The van der Waals surface area contributed by atoms with Gasteiger partial charge in [0.15, 0.2) is 11.5 Å². The maximum absolute atomic E-state index is 6.15. The van der Waals surface area contributed by atoms with Crippen molar-refractivity contribution in [2.45, 2.75) is 31.9 Å². The standard InChI is InChI=1S/C19H23NO2/c1-14(15-7-4-3-5-8-15)20-13-17-12-11-16-9-6-10-18(21-2)19(16)22-17/h3-10,14,17,20H,11-13H2,1-2H3/t14-,17?/m0/s1. The number of para-hydroxylation sites is 1. The lowest BCUT2D eigenvalue weighted by Gasteiger charge is -2.28. The smallest absolute Gasteiger partial charge is 0.164 e. The number of rotatable bonds is 5. The van der Waals surface area contributed by atoms with Gasteiger partial charge in [0.1, 0.15) is 6.10 Å². The Hall–Kier alpha value is -2.00. The number of nitrogens with one attached hydrogen (secondary N) is 1. The van der Waals surface area contributed by atoms with Crippen molar-refractivity contribution >= 4 is 0 Å². The van der Waals surface area contributed by atoms with E-state index in [2.05, 4.69) is 42.6 Å². The van der Waals surface area contributed by atoms with E-state index in [1.54, 1.807) is 7.11 Å². The first-order chi connectivity index (χ1) is 10.8. The Morgan fingerprint density at radius 2 is 2.00 bits per heavy atom. The topological polar surface area (TPSA) is 30.5 Å². The monoisotopic (exact) mass is 297 g/mol. The second-order valence-corrected chi connectivity index (χ2v) is 5.77. The molecule has 0 fully saturated rings. The molecule has 2 atom stereocenters. The lowest BCUT2D eigenvalue weighted by Crippen LogP contribution is -2.35. The summed E-state index contributed by atoms with van der Waals surface area (Å²) in [6, 6.07) is 16.9. The minimum Gasteiger partial charge on any atom is -0.493 e. The zero-order chi connectivity index (χ0) is 15.4. The quantitative estimate of drug-likeness (QED) is 0.912. The van der Waals surface area contributed by atoms with E-state index >= 15 is 0 Å². The molecule has 0 aromatic heterocycles. The van der Waals surface area contributed by atoms with Gasteiger partial charge in [-0.15, -0.1) is 0 Å². The van der Waals surface area contributed by atoms with E-state index < -0.39 is 0 Å². The van der Waals surface area contributed by atoms with Crippen LogP contribution in [0, 0.1) is 0 Å². The highest BCUT2D eigenvalue weighted by atomic mass is 16.5. The molecule has 2 aromatic carbocycles. The fourth-order valence-electron chi connectivity index (χ4n) is 2.91. The number of aryl methyl sites for hydroxylation is 1. The number of ether oxygens (including phenoxy) is 2. The van der Waals surface area contributed by atoms with Crippen molar-refractivity contribution in [2.24, 2.45) is 0 Å². The van der Waals surface area contributed by atoms with Gasteiger partial charge in [-0.1, -0.05) is 42.5 Å². The maximum atomic E-state index is 6.15. The van der Waals surface area contributed by atoms with Gasteiger partial charge in [-0.05, 0) is 37.0 Å². The second kappa shape index (κ2) is 6.84. The van der Waals surface area contributed by atoms with Gasteiger partial charge in [-0.25, -0.2) is 0 Å². The molecule has 3 nitrogen and oxygen atoms in total. The molecule has 0 bridgehead atoms. The zero-order valence-electron chi connectivity index (χ0n) is 13.2. The molecule has 0 spiro atoms. The average Bonchev–Trinajstić information content (AvgIpc) is 2.59. The summed E-state index contributed by atoms with van der Waals surface area (Å²) >= 11 is 0. The summed E-state index contributed by atoms with van der Waals surface area (Å²) in [5, 5.41) is 3.57. The lowest BCUT2D eigenvalue weighted by molar-refractivity contribution is 0.160. The Morgan fingerprint density at radius 3 is 2.77 bits per heavy atom. The molecule has 0 aliphatic carbocycles. The van der Waals surface area contributed by atoms with Crippen molar-refractivity contribution in [1.29, 1.82) is 0 Å². The molecule has 22 heavy (non-hydrogen) atoms. The molecule has 0 amide bonds. The highest BCUT2D eigenvalue weighted by Crippen LogP contribution is 2.36. The van der Waals surface area contributed by atoms with Crippen molar-refractivity contribution in [2.75, 3.05) is 13.7 Å². The van der Waals surface area contributed by atoms with Gasteiger partial charge in [0.05, 0.1) is 7.11 Å². The molecule has 3 heteroatoms. The first-order valence-electron chi connectivity index (χ1n) is 7.89. The van der Waals surface area contributed by atoms with Gasteiger partial charge in [0.25, 0.3) is 0 Å². The van der Waals surface area contributed by atoms with Gasteiger partial charge in [0, 0.05) is 12.6 Å². The van der Waals surface area contributed by atoms with E-state index in [0.717, 1.165) is 30.9 Å². The van der Waals surface area contributed by atoms with Crippen LogP contribution in [0.5, 0.6) is 11.5 Å². The van der Waals surface area contributed by atoms with Crippen molar-refractivity contribution in [3.63, 3.8) is 0 Å². The van der Waals surface area contributed by atoms with E-state index in [-0.39, 0.29) is 6.10 Å². The molecular weight excluding hydrogens is 274 g/mol. The van der Waals surface area contributed by atoms with Crippen LogP contribution < -0.4 is 14.8 Å². The Morgan fingerprint density at radius 1 is 1.18 bits per heavy atom. The van der Waals surface area contributed by atoms with Crippen LogP contribution in [0.3, 0.4) is 0 Å². The number of benzene rings is 2. The summed E-state index contributed by atoms with van der Waals surface area (Å²) in [7, 11) is 1.69.